The van der Waals surface area contributed by atoms with Gasteiger partial charge in [0.1, 0.15) is 10.9 Å². The van der Waals surface area contributed by atoms with Gasteiger partial charge in [0, 0.05) is 37.8 Å². The Morgan fingerprint density at radius 1 is 1.13 bits per heavy atom. The molecule has 0 N–H and O–H groups in total. The largest absolute Gasteiger partial charge is 0.327 e. The van der Waals surface area contributed by atoms with Crippen molar-refractivity contribution in [2.24, 2.45) is 5.41 Å². The van der Waals surface area contributed by atoms with E-state index >= 15 is 0 Å². The molecule has 3 fully saturated rings. The smallest absolute Gasteiger partial charge is 0.312 e. The Morgan fingerprint density at radius 3 is 2.57 bits per heavy atom. The number of carbonyl (C=O) groups excluding carboxylic acids is 2. The van der Waals surface area contributed by atoms with Gasteiger partial charge in [-0.3, -0.25) is 14.7 Å². The van der Waals surface area contributed by atoms with Crippen LogP contribution < -0.4 is 0 Å². The summed E-state index contributed by atoms with van der Waals surface area (Å²) in [6.45, 7) is 3.49. The van der Waals surface area contributed by atoms with E-state index in [2.05, 4.69) is 4.98 Å². The summed E-state index contributed by atoms with van der Waals surface area (Å²) in [5.41, 5.74) is 0.302. The van der Waals surface area contributed by atoms with Gasteiger partial charge >= 0.3 is 6.03 Å². The molecule has 2 aromatic rings. The van der Waals surface area contributed by atoms with Crippen molar-refractivity contribution in [3.63, 3.8) is 0 Å². The Kier molecular flexibility index (Phi) is 4.37. The molecule has 1 aromatic heterocycles. The lowest BCUT2D eigenvalue weighted by Crippen LogP contribution is -2.45. The fourth-order valence-corrected chi connectivity index (χ4v) is 6.79. The van der Waals surface area contributed by atoms with Crippen LogP contribution in [0.15, 0.2) is 41.4 Å². The highest BCUT2D eigenvalue weighted by Crippen LogP contribution is 2.46. The molecule has 1 aromatic carbocycles. The fourth-order valence-electron chi connectivity index (χ4n) is 5.18. The van der Waals surface area contributed by atoms with Crippen LogP contribution in [0.2, 0.25) is 0 Å². The summed E-state index contributed by atoms with van der Waals surface area (Å²) in [6, 6.07) is 8.25. The zero-order valence-electron chi connectivity index (χ0n) is 16.8. The van der Waals surface area contributed by atoms with Crippen molar-refractivity contribution in [2.75, 3.05) is 26.2 Å². The van der Waals surface area contributed by atoms with Gasteiger partial charge in [-0.05, 0) is 43.7 Å². The van der Waals surface area contributed by atoms with E-state index < -0.39 is 10.0 Å². The first-order valence-corrected chi connectivity index (χ1v) is 11.8. The van der Waals surface area contributed by atoms with Crippen LogP contribution in [0.5, 0.6) is 0 Å². The summed E-state index contributed by atoms with van der Waals surface area (Å²) in [5, 5.41) is 0.793. The van der Waals surface area contributed by atoms with Crippen molar-refractivity contribution in [3.8, 4) is 0 Å². The third-order valence-corrected chi connectivity index (χ3v) is 8.78. The minimum atomic E-state index is -3.67. The first-order valence-electron chi connectivity index (χ1n) is 10.3. The number of rotatable bonds is 3. The third kappa shape index (κ3) is 2.75. The Morgan fingerprint density at radius 2 is 1.87 bits per heavy atom. The maximum Gasteiger partial charge on any atom is 0.327 e. The number of urea groups is 1. The maximum atomic E-state index is 13.3. The van der Waals surface area contributed by atoms with E-state index in [1.807, 2.05) is 12.1 Å². The molecule has 3 aliphatic heterocycles. The van der Waals surface area contributed by atoms with Crippen LogP contribution in [0.25, 0.3) is 10.9 Å². The number of hydrogen-bond donors (Lipinski definition) is 0. The molecule has 1 spiro atoms. The van der Waals surface area contributed by atoms with Crippen LogP contribution in [0.4, 0.5) is 4.79 Å². The number of imide groups is 1. The number of benzene rings is 1. The highest BCUT2D eigenvalue weighted by atomic mass is 32.2. The summed E-state index contributed by atoms with van der Waals surface area (Å²) < 4.78 is 28.2. The fraction of sp³-hybridized carbons (Fsp3) is 0.476. The molecule has 0 aliphatic carbocycles. The highest BCUT2D eigenvalue weighted by Gasteiger charge is 2.56. The Balaban J connectivity index is 1.35. The maximum absolute atomic E-state index is 13.3. The number of aromatic nitrogens is 1. The first kappa shape index (κ1) is 19.4. The van der Waals surface area contributed by atoms with Gasteiger partial charge in [-0.25, -0.2) is 13.2 Å². The van der Waals surface area contributed by atoms with E-state index in [4.69, 9.17) is 0 Å². The SMILES string of the molecule is CCN1C(=O)C2CC3(CCN(S(=O)(=O)c4cccc5cccnc45)CC3)CN2C1=O. The minimum absolute atomic E-state index is 0.115. The van der Waals surface area contributed by atoms with E-state index in [9.17, 15) is 18.0 Å². The van der Waals surface area contributed by atoms with Gasteiger partial charge in [0.25, 0.3) is 5.91 Å². The lowest BCUT2D eigenvalue weighted by molar-refractivity contribution is -0.128. The zero-order valence-corrected chi connectivity index (χ0v) is 17.6. The number of sulfonamides is 1. The average molecular weight is 429 g/mol. The lowest BCUT2D eigenvalue weighted by atomic mass is 9.77. The van der Waals surface area contributed by atoms with E-state index in [0.29, 0.717) is 51.0 Å². The molecule has 1 atom stereocenters. The van der Waals surface area contributed by atoms with E-state index in [-0.39, 0.29) is 28.3 Å². The van der Waals surface area contributed by atoms with Gasteiger partial charge in [-0.15, -0.1) is 0 Å². The molecule has 3 saturated heterocycles. The lowest BCUT2D eigenvalue weighted by Gasteiger charge is -2.38. The van der Waals surface area contributed by atoms with Crippen molar-refractivity contribution in [2.45, 2.75) is 37.1 Å². The van der Waals surface area contributed by atoms with Crippen LogP contribution in [0, 0.1) is 5.41 Å². The van der Waals surface area contributed by atoms with Crippen LogP contribution in [0.1, 0.15) is 26.2 Å². The number of likely N-dealkylation sites (N-methyl/N-ethyl adjacent to an activating group) is 1. The minimum Gasteiger partial charge on any atom is -0.312 e. The number of pyridine rings is 1. The number of piperidine rings is 1. The quantitative estimate of drug-likeness (QED) is 0.698. The van der Waals surface area contributed by atoms with E-state index in [0.717, 1.165) is 5.39 Å². The summed E-state index contributed by atoms with van der Waals surface area (Å²) in [5.74, 6) is -0.115. The monoisotopic (exact) mass is 428 g/mol. The number of para-hydroxylation sites is 1. The van der Waals surface area contributed by atoms with Crippen LogP contribution in [-0.4, -0.2) is 71.7 Å². The number of hydrogen-bond acceptors (Lipinski definition) is 5. The summed E-state index contributed by atoms with van der Waals surface area (Å²) >= 11 is 0. The van der Waals surface area contributed by atoms with Gasteiger partial charge < -0.3 is 4.90 Å². The standard InChI is InChI=1S/C21H24N4O4S/c1-2-24-19(26)16-13-21(14-25(16)20(24)27)8-11-23(12-9-21)30(28,29)17-7-3-5-15-6-4-10-22-18(15)17/h3-7,10,16H,2,8-9,11-14H2,1H3. The molecule has 4 heterocycles. The summed E-state index contributed by atoms with van der Waals surface area (Å²) in [6.07, 6.45) is 3.51. The molecule has 1 unspecified atom stereocenters. The predicted octanol–water partition coefficient (Wildman–Crippen LogP) is 2.06. The Bertz CT molecular complexity index is 1110. The van der Waals surface area contributed by atoms with E-state index in [1.54, 1.807) is 36.2 Å². The molecule has 5 rings (SSSR count). The van der Waals surface area contributed by atoms with Gasteiger partial charge in [0.15, 0.2) is 0 Å². The molecule has 0 saturated carbocycles. The topological polar surface area (TPSA) is 90.9 Å². The van der Waals surface area contributed by atoms with Gasteiger partial charge in [0.05, 0.1) is 5.52 Å². The Labute approximate surface area is 175 Å². The van der Waals surface area contributed by atoms with Crippen LogP contribution in [-0.2, 0) is 14.8 Å². The van der Waals surface area contributed by atoms with Gasteiger partial charge in [-0.2, -0.15) is 4.31 Å². The van der Waals surface area contributed by atoms with Crippen molar-refractivity contribution in [1.29, 1.82) is 0 Å². The Hall–Kier alpha value is -2.52. The highest BCUT2D eigenvalue weighted by molar-refractivity contribution is 7.89. The predicted molar refractivity (Wildman–Crippen MR) is 110 cm³/mol. The van der Waals surface area contributed by atoms with Crippen LogP contribution in [0.3, 0.4) is 0 Å². The molecule has 9 heteroatoms. The number of nitrogens with zero attached hydrogens (tertiary/aromatic N) is 4. The second-order valence-corrected chi connectivity index (χ2v) is 10.4. The summed E-state index contributed by atoms with van der Waals surface area (Å²) in [7, 11) is -3.67. The van der Waals surface area contributed by atoms with Crippen molar-refractivity contribution < 1.29 is 18.0 Å². The van der Waals surface area contributed by atoms with Crippen molar-refractivity contribution >= 4 is 32.9 Å². The molecule has 3 aliphatic rings. The molecular weight excluding hydrogens is 404 g/mol. The van der Waals surface area contributed by atoms with Gasteiger partial charge in [0.2, 0.25) is 10.0 Å². The normalized spacial score (nSPS) is 24.2. The average Bonchev–Trinajstić information content (AvgIpc) is 3.22. The molecular formula is C21H24N4O4S. The molecule has 3 amide bonds. The molecule has 158 valence electrons. The summed E-state index contributed by atoms with van der Waals surface area (Å²) in [4.78, 5) is 32.6. The molecule has 0 bridgehead atoms. The van der Waals surface area contributed by atoms with E-state index in [1.165, 1.54) is 9.21 Å². The molecule has 8 nitrogen and oxygen atoms in total. The number of amides is 3. The zero-order chi connectivity index (χ0) is 21.1. The van der Waals surface area contributed by atoms with Crippen LogP contribution >= 0.6 is 0 Å². The first-order chi connectivity index (χ1) is 14.4. The van der Waals surface area contributed by atoms with Gasteiger partial charge in [-0.1, -0.05) is 18.2 Å². The molecule has 30 heavy (non-hydrogen) atoms. The third-order valence-electron chi connectivity index (χ3n) is 6.85. The molecule has 0 radical (unpaired) electrons. The number of fused-ring (bicyclic) bond motifs is 2. The second-order valence-electron chi connectivity index (χ2n) is 8.45. The number of carbonyl (C=O) groups is 2. The van der Waals surface area contributed by atoms with Crippen molar-refractivity contribution in [3.05, 3.63) is 36.5 Å². The second kappa shape index (κ2) is 6.75. The van der Waals surface area contributed by atoms with Crippen molar-refractivity contribution in [1.82, 2.24) is 19.1 Å².